The maximum Gasteiger partial charge on any atom is 0.338 e. The van der Waals surface area contributed by atoms with Crippen molar-refractivity contribution in [3.8, 4) is 5.75 Å². The first-order chi connectivity index (χ1) is 16.8. The number of aromatic nitrogens is 2. The summed E-state index contributed by atoms with van der Waals surface area (Å²) >= 11 is 0.910. The summed E-state index contributed by atoms with van der Waals surface area (Å²) in [6.45, 7) is 2.28. The molecule has 0 amide bonds. The average molecular weight is 505 g/mol. The fourth-order valence-corrected chi connectivity index (χ4v) is 4.59. The van der Waals surface area contributed by atoms with Crippen molar-refractivity contribution >= 4 is 28.8 Å². The zero-order valence-corrected chi connectivity index (χ0v) is 19.6. The fourth-order valence-electron chi connectivity index (χ4n) is 3.58. The number of carbonyl (C=O) groups excluding carboxylic acids is 1. The average Bonchev–Trinajstić information content (AvgIpc) is 3.20. The SMILES string of the molecule is CCOC(=O)c1ccc2c(c1)nc(SCc1c(F)c(F)c(OC)c(F)c1F)n2Cc1ccccc1. The second-order valence-electron chi connectivity index (χ2n) is 7.45. The zero-order chi connectivity index (χ0) is 25.1. The van der Waals surface area contributed by atoms with Gasteiger partial charge in [-0.15, -0.1) is 0 Å². The van der Waals surface area contributed by atoms with Crippen molar-refractivity contribution in [3.05, 3.63) is 88.5 Å². The summed E-state index contributed by atoms with van der Waals surface area (Å²) in [5.41, 5.74) is 1.59. The maximum absolute atomic E-state index is 14.5. The lowest BCUT2D eigenvalue weighted by atomic mass is 10.2. The highest BCUT2D eigenvalue weighted by atomic mass is 32.2. The van der Waals surface area contributed by atoms with Crippen LogP contribution in [0.5, 0.6) is 5.75 Å². The number of nitrogens with zero attached hydrogens (tertiary/aromatic N) is 2. The van der Waals surface area contributed by atoms with E-state index in [0.717, 1.165) is 24.4 Å². The third kappa shape index (κ3) is 4.84. The highest BCUT2D eigenvalue weighted by Gasteiger charge is 2.27. The summed E-state index contributed by atoms with van der Waals surface area (Å²) < 4.78 is 68.6. The highest BCUT2D eigenvalue weighted by Crippen LogP contribution is 2.34. The number of methoxy groups -OCH3 is 1. The molecule has 10 heteroatoms. The van der Waals surface area contributed by atoms with E-state index in [9.17, 15) is 22.4 Å². The lowest BCUT2D eigenvalue weighted by Gasteiger charge is -2.12. The first kappa shape index (κ1) is 24.6. The topological polar surface area (TPSA) is 53.4 Å². The Balaban J connectivity index is 1.74. The Morgan fingerprint density at radius 2 is 1.69 bits per heavy atom. The molecule has 182 valence electrons. The summed E-state index contributed by atoms with van der Waals surface area (Å²) in [5.74, 6) is -8.30. The zero-order valence-electron chi connectivity index (χ0n) is 18.8. The number of thioether (sulfide) groups is 1. The van der Waals surface area contributed by atoms with Gasteiger partial charge in [0.15, 0.2) is 22.5 Å². The van der Waals surface area contributed by atoms with Gasteiger partial charge in [-0.1, -0.05) is 42.1 Å². The van der Waals surface area contributed by atoms with Crippen LogP contribution in [0.3, 0.4) is 0 Å². The Morgan fingerprint density at radius 1 is 1.00 bits per heavy atom. The summed E-state index contributed by atoms with van der Waals surface area (Å²) in [7, 11) is 0.922. The van der Waals surface area contributed by atoms with Crippen molar-refractivity contribution in [1.82, 2.24) is 9.55 Å². The predicted octanol–water partition coefficient (Wildman–Crippen LogP) is 6.12. The van der Waals surface area contributed by atoms with Gasteiger partial charge in [0, 0.05) is 11.3 Å². The molecule has 0 saturated heterocycles. The normalized spacial score (nSPS) is 11.1. The van der Waals surface area contributed by atoms with Gasteiger partial charge >= 0.3 is 5.97 Å². The van der Waals surface area contributed by atoms with Crippen molar-refractivity contribution in [2.75, 3.05) is 13.7 Å². The lowest BCUT2D eigenvalue weighted by molar-refractivity contribution is 0.0526. The molecule has 0 unspecified atom stereocenters. The molecule has 3 aromatic carbocycles. The van der Waals surface area contributed by atoms with E-state index >= 15 is 0 Å². The summed E-state index contributed by atoms with van der Waals surface area (Å²) in [6, 6.07) is 14.3. The van der Waals surface area contributed by atoms with Crippen molar-refractivity contribution in [3.63, 3.8) is 0 Å². The monoisotopic (exact) mass is 504 g/mol. The van der Waals surface area contributed by atoms with E-state index in [2.05, 4.69) is 9.72 Å². The van der Waals surface area contributed by atoms with Crippen LogP contribution >= 0.6 is 11.8 Å². The number of fused-ring (bicyclic) bond motifs is 1. The van der Waals surface area contributed by atoms with Crippen molar-refractivity contribution in [2.24, 2.45) is 0 Å². The molecule has 0 N–H and O–H groups in total. The van der Waals surface area contributed by atoms with Gasteiger partial charge in [0.25, 0.3) is 0 Å². The number of esters is 1. The van der Waals surface area contributed by atoms with Gasteiger partial charge in [-0.05, 0) is 30.7 Å². The first-order valence-electron chi connectivity index (χ1n) is 10.6. The fraction of sp³-hybridized carbons (Fsp3) is 0.200. The minimum absolute atomic E-state index is 0.215. The Hall–Kier alpha value is -3.53. The maximum atomic E-state index is 14.5. The van der Waals surface area contributed by atoms with Crippen LogP contribution in [0.25, 0.3) is 11.0 Å². The molecule has 0 aliphatic heterocycles. The molecule has 35 heavy (non-hydrogen) atoms. The van der Waals surface area contributed by atoms with E-state index in [4.69, 9.17) is 4.74 Å². The summed E-state index contributed by atoms with van der Waals surface area (Å²) in [5, 5.41) is 0.347. The summed E-state index contributed by atoms with van der Waals surface area (Å²) in [4.78, 5) is 16.7. The molecule has 5 nitrogen and oxygen atoms in total. The highest BCUT2D eigenvalue weighted by molar-refractivity contribution is 7.98. The predicted molar refractivity (Wildman–Crippen MR) is 124 cm³/mol. The van der Waals surface area contributed by atoms with Gasteiger partial charge in [-0.25, -0.2) is 18.6 Å². The van der Waals surface area contributed by atoms with E-state index in [1.807, 2.05) is 30.3 Å². The molecule has 4 aromatic rings. The number of rotatable bonds is 8. The van der Waals surface area contributed by atoms with Crippen LogP contribution in [-0.2, 0) is 17.0 Å². The molecule has 0 saturated carbocycles. The molecule has 0 atom stereocenters. The molecule has 0 aliphatic rings. The number of benzene rings is 3. The van der Waals surface area contributed by atoms with E-state index in [1.54, 1.807) is 29.7 Å². The molecule has 4 rings (SSSR count). The number of hydrogen-bond donors (Lipinski definition) is 0. The van der Waals surface area contributed by atoms with Crippen LogP contribution < -0.4 is 4.74 Å². The van der Waals surface area contributed by atoms with Gasteiger partial charge in [0.2, 0.25) is 11.6 Å². The number of ether oxygens (including phenoxy) is 2. The molecule has 0 fully saturated rings. The van der Waals surface area contributed by atoms with E-state index in [-0.39, 0.29) is 6.61 Å². The molecular formula is C25H20F4N2O3S. The van der Waals surface area contributed by atoms with Crippen LogP contribution in [0.1, 0.15) is 28.4 Å². The first-order valence-corrected chi connectivity index (χ1v) is 11.6. The Bertz CT molecular complexity index is 1360. The van der Waals surface area contributed by atoms with Crippen LogP contribution in [0.4, 0.5) is 17.6 Å². The largest absolute Gasteiger partial charge is 0.491 e. The van der Waals surface area contributed by atoms with Gasteiger partial charge in [0.05, 0.1) is 36.9 Å². The quantitative estimate of drug-likeness (QED) is 0.125. The Morgan fingerprint density at radius 3 is 2.31 bits per heavy atom. The van der Waals surface area contributed by atoms with Crippen LogP contribution in [0.15, 0.2) is 53.7 Å². The van der Waals surface area contributed by atoms with E-state index < -0.39 is 46.3 Å². The van der Waals surface area contributed by atoms with Gasteiger partial charge in [-0.3, -0.25) is 0 Å². The third-order valence-electron chi connectivity index (χ3n) is 5.27. The number of imidazole rings is 1. The molecule has 0 aliphatic carbocycles. The minimum Gasteiger partial charge on any atom is -0.491 e. The molecular weight excluding hydrogens is 484 g/mol. The van der Waals surface area contributed by atoms with Crippen LogP contribution in [0, 0.1) is 23.3 Å². The van der Waals surface area contributed by atoms with E-state index in [1.165, 1.54) is 0 Å². The number of carbonyl (C=O) groups is 1. The number of hydrogen-bond acceptors (Lipinski definition) is 5. The van der Waals surface area contributed by atoms with Crippen molar-refractivity contribution in [1.29, 1.82) is 0 Å². The van der Waals surface area contributed by atoms with Gasteiger partial charge in [0.1, 0.15) is 0 Å². The second kappa shape index (κ2) is 10.4. The van der Waals surface area contributed by atoms with Crippen LogP contribution in [-0.4, -0.2) is 29.2 Å². The van der Waals surface area contributed by atoms with Crippen molar-refractivity contribution in [2.45, 2.75) is 24.4 Å². The number of halogens is 4. The smallest absolute Gasteiger partial charge is 0.338 e. The molecule has 0 bridgehead atoms. The molecule has 0 radical (unpaired) electrons. The minimum atomic E-state index is -1.60. The second-order valence-corrected chi connectivity index (χ2v) is 8.39. The van der Waals surface area contributed by atoms with E-state index in [0.29, 0.717) is 28.3 Å². The Kier molecular flexibility index (Phi) is 7.30. The van der Waals surface area contributed by atoms with Gasteiger partial charge < -0.3 is 14.0 Å². The van der Waals surface area contributed by atoms with Gasteiger partial charge in [-0.2, -0.15) is 8.78 Å². The van der Waals surface area contributed by atoms with Crippen LogP contribution in [0.2, 0.25) is 0 Å². The molecule has 1 aromatic heterocycles. The molecule has 1 heterocycles. The standard InChI is InChI=1S/C25H20F4N2O3S/c1-3-34-24(32)15-9-10-18-17(11-15)30-25(31(18)12-14-7-5-4-6-8-14)35-13-16-19(26)21(28)23(33-2)22(29)20(16)27/h4-11H,3,12-13H2,1-2H3. The summed E-state index contributed by atoms with van der Waals surface area (Å²) in [6.07, 6.45) is 0. The Labute approximate surface area is 202 Å². The van der Waals surface area contributed by atoms with Crippen molar-refractivity contribution < 1.29 is 31.8 Å². The lowest BCUT2D eigenvalue weighted by Crippen LogP contribution is -2.07. The third-order valence-corrected chi connectivity index (χ3v) is 6.27. The molecule has 0 spiro atoms.